The molecule has 1 N–H and O–H groups in total. The Morgan fingerprint density at radius 2 is 2.33 bits per heavy atom. The molecule has 0 aromatic carbocycles. The molecule has 3 nitrogen and oxygen atoms in total. The van der Waals surface area contributed by atoms with E-state index in [9.17, 15) is 4.79 Å². The normalized spacial score (nSPS) is 25.2. The van der Waals surface area contributed by atoms with Crippen molar-refractivity contribution in [3.63, 3.8) is 0 Å². The van der Waals surface area contributed by atoms with E-state index in [1.165, 1.54) is 0 Å². The Balaban J connectivity index is 2.53. The summed E-state index contributed by atoms with van der Waals surface area (Å²) in [6.45, 7) is 4.96. The molecule has 0 aliphatic carbocycles. The maximum absolute atomic E-state index is 11.3. The van der Waals surface area contributed by atoms with Gasteiger partial charge >= 0.3 is 0 Å². The number of carbonyl (C=O) groups excluding carboxylic acids is 1. The fourth-order valence-electron chi connectivity index (χ4n) is 1.59. The first-order chi connectivity index (χ1) is 5.65. The summed E-state index contributed by atoms with van der Waals surface area (Å²) in [5.74, 6) is 0.528. The summed E-state index contributed by atoms with van der Waals surface area (Å²) in [5, 5.41) is 8.94. The molecule has 3 heteroatoms. The summed E-state index contributed by atoms with van der Waals surface area (Å²) < 4.78 is 0. The molecule has 0 aromatic heterocycles. The van der Waals surface area contributed by atoms with Gasteiger partial charge < -0.3 is 10.0 Å². The highest BCUT2D eigenvalue weighted by Crippen LogP contribution is 2.18. The van der Waals surface area contributed by atoms with Gasteiger partial charge in [0.05, 0.1) is 0 Å². The molecule has 1 atom stereocenters. The number of hydrogen-bond donors (Lipinski definition) is 1. The van der Waals surface area contributed by atoms with Crippen LogP contribution in [0.25, 0.3) is 0 Å². The van der Waals surface area contributed by atoms with Crippen LogP contribution >= 0.6 is 0 Å². The van der Waals surface area contributed by atoms with Crippen molar-refractivity contribution in [1.82, 2.24) is 4.90 Å². The van der Waals surface area contributed by atoms with Gasteiger partial charge in [0.15, 0.2) is 0 Å². The summed E-state index contributed by atoms with van der Waals surface area (Å²) in [4.78, 5) is 13.2. The second-order valence-electron chi connectivity index (χ2n) is 3.73. The highest BCUT2D eigenvalue weighted by Gasteiger charge is 2.26. The van der Waals surface area contributed by atoms with Crippen molar-refractivity contribution in [2.24, 2.45) is 5.92 Å². The number of aliphatic hydroxyl groups is 1. The molecule has 0 bridgehead atoms. The first kappa shape index (κ1) is 9.52. The van der Waals surface area contributed by atoms with Crippen LogP contribution in [0.1, 0.15) is 26.7 Å². The third kappa shape index (κ3) is 1.97. The van der Waals surface area contributed by atoms with Gasteiger partial charge in [-0.2, -0.15) is 0 Å². The van der Waals surface area contributed by atoms with Crippen molar-refractivity contribution in [3.05, 3.63) is 0 Å². The molecule has 1 saturated heterocycles. The molecule has 1 heterocycles. The van der Waals surface area contributed by atoms with Gasteiger partial charge in [0.2, 0.25) is 5.91 Å². The molecule has 12 heavy (non-hydrogen) atoms. The van der Waals surface area contributed by atoms with Crippen molar-refractivity contribution in [1.29, 1.82) is 0 Å². The van der Waals surface area contributed by atoms with Gasteiger partial charge in [0, 0.05) is 31.5 Å². The predicted octanol–water partition coefficient (Wildman–Crippen LogP) is 0.626. The Hall–Kier alpha value is -0.570. The number of aliphatic hydroxyl groups excluding tert-OH is 1. The van der Waals surface area contributed by atoms with Crippen molar-refractivity contribution in [2.45, 2.75) is 32.7 Å². The zero-order valence-corrected chi connectivity index (χ0v) is 7.79. The third-order valence-corrected chi connectivity index (χ3v) is 2.42. The molecule has 0 saturated carbocycles. The Morgan fingerprint density at radius 1 is 1.67 bits per heavy atom. The van der Waals surface area contributed by atoms with E-state index in [2.05, 4.69) is 0 Å². The van der Waals surface area contributed by atoms with Crippen LogP contribution in [0.2, 0.25) is 0 Å². The van der Waals surface area contributed by atoms with Crippen LogP contribution in [0.3, 0.4) is 0 Å². The average molecular weight is 171 g/mol. The Kier molecular flexibility index (Phi) is 3.09. The zero-order valence-electron chi connectivity index (χ0n) is 7.79. The summed E-state index contributed by atoms with van der Waals surface area (Å²) in [7, 11) is 0. The Bertz CT molecular complexity index is 168. The zero-order chi connectivity index (χ0) is 9.14. The molecule has 1 unspecified atom stereocenters. The average Bonchev–Trinajstić information content (AvgIpc) is 2.05. The van der Waals surface area contributed by atoms with Crippen LogP contribution < -0.4 is 0 Å². The van der Waals surface area contributed by atoms with E-state index in [1.54, 1.807) is 0 Å². The first-order valence-electron chi connectivity index (χ1n) is 4.55. The van der Waals surface area contributed by atoms with Gasteiger partial charge in [0.25, 0.3) is 0 Å². The number of amides is 1. The third-order valence-electron chi connectivity index (χ3n) is 2.42. The maximum atomic E-state index is 11.3. The van der Waals surface area contributed by atoms with Crippen LogP contribution in [0.15, 0.2) is 0 Å². The van der Waals surface area contributed by atoms with Crippen molar-refractivity contribution in [3.8, 4) is 0 Å². The van der Waals surface area contributed by atoms with Gasteiger partial charge in [-0.3, -0.25) is 4.79 Å². The van der Waals surface area contributed by atoms with Crippen molar-refractivity contribution in [2.75, 3.05) is 13.2 Å². The van der Waals surface area contributed by atoms with E-state index in [0.717, 1.165) is 13.0 Å². The lowest BCUT2D eigenvalue weighted by Crippen LogP contribution is -2.44. The molecule has 1 rings (SSSR count). The fourth-order valence-corrected chi connectivity index (χ4v) is 1.59. The van der Waals surface area contributed by atoms with Crippen LogP contribution in [-0.2, 0) is 4.79 Å². The molecule has 0 spiro atoms. The van der Waals surface area contributed by atoms with Crippen molar-refractivity contribution >= 4 is 5.91 Å². The highest BCUT2D eigenvalue weighted by molar-refractivity contribution is 5.77. The number of likely N-dealkylation sites (tertiary alicyclic amines) is 1. The SMILES string of the molecule is CC(C)N1CC(CO)CCC1=O. The molecule has 1 aliphatic rings. The van der Waals surface area contributed by atoms with Crippen LogP contribution in [-0.4, -0.2) is 35.1 Å². The maximum Gasteiger partial charge on any atom is 0.222 e. The number of carbonyl (C=O) groups is 1. The van der Waals surface area contributed by atoms with Gasteiger partial charge in [-0.25, -0.2) is 0 Å². The van der Waals surface area contributed by atoms with E-state index < -0.39 is 0 Å². The standard InChI is InChI=1S/C9H17NO2/c1-7(2)10-5-8(6-11)3-4-9(10)12/h7-8,11H,3-6H2,1-2H3. The lowest BCUT2D eigenvalue weighted by Gasteiger charge is -2.34. The summed E-state index contributed by atoms with van der Waals surface area (Å²) in [6, 6.07) is 0.270. The highest BCUT2D eigenvalue weighted by atomic mass is 16.3. The molecule has 1 aliphatic heterocycles. The predicted molar refractivity (Wildman–Crippen MR) is 46.7 cm³/mol. The largest absolute Gasteiger partial charge is 0.396 e. The molecule has 70 valence electrons. The van der Waals surface area contributed by atoms with Gasteiger partial charge in [-0.1, -0.05) is 0 Å². The van der Waals surface area contributed by atoms with E-state index in [4.69, 9.17) is 5.11 Å². The minimum Gasteiger partial charge on any atom is -0.396 e. The minimum absolute atomic E-state index is 0.205. The second kappa shape index (κ2) is 3.90. The molecule has 0 radical (unpaired) electrons. The lowest BCUT2D eigenvalue weighted by atomic mass is 9.97. The minimum atomic E-state index is 0.205. The molecule has 1 fully saturated rings. The van der Waals surface area contributed by atoms with E-state index in [-0.39, 0.29) is 18.6 Å². The van der Waals surface area contributed by atoms with Gasteiger partial charge in [-0.15, -0.1) is 0 Å². The van der Waals surface area contributed by atoms with Crippen LogP contribution in [0, 0.1) is 5.92 Å². The Labute approximate surface area is 73.4 Å². The summed E-state index contributed by atoms with van der Waals surface area (Å²) >= 11 is 0. The second-order valence-corrected chi connectivity index (χ2v) is 3.73. The van der Waals surface area contributed by atoms with E-state index in [0.29, 0.717) is 12.3 Å². The smallest absolute Gasteiger partial charge is 0.222 e. The van der Waals surface area contributed by atoms with Crippen molar-refractivity contribution < 1.29 is 9.90 Å². The van der Waals surface area contributed by atoms with Crippen LogP contribution in [0.5, 0.6) is 0 Å². The first-order valence-corrected chi connectivity index (χ1v) is 4.55. The number of rotatable bonds is 2. The molecule has 0 aromatic rings. The molecular weight excluding hydrogens is 154 g/mol. The summed E-state index contributed by atoms with van der Waals surface area (Å²) in [6.07, 6.45) is 1.45. The van der Waals surface area contributed by atoms with Gasteiger partial charge in [-0.05, 0) is 20.3 Å². The quantitative estimate of drug-likeness (QED) is 0.662. The van der Waals surface area contributed by atoms with E-state index >= 15 is 0 Å². The number of hydrogen-bond acceptors (Lipinski definition) is 2. The topological polar surface area (TPSA) is 40.5 Å². The monoisotopic (exact) mass is 171 g/mol. The van der Waals surface area contributed by atoms with E-state index in [1.807, 2.05) is 18.7 Å². The number of piperidine rings is 1. The van der Waals surface area contributed by atoms with Gasteiger partial charge in [0.1, 0.15) is 0 Å². The molecular formula is C9H17NO2. The Morgan fingerprint density at radius 3 is 2.83 bits per heavy atom. The summed E-state index contributed by atoms with van der Waals surface area (Å²) in [5.41, 5.74) is 0. The molecule has 1 amide bonds. The van der Waals surface area contributed by atoms with Crippen LogP contribution in [0.4, 0.5) is 0 Å². The lowest BCUT2D eigenvalue weighted by molar-refractivity contribution is -0.137. The number of nitrogens with zero attached hydrogens (tertiary/aromatic N) is 1. The fraction of sp³-hybridized carbons (Fsp3) is 0.889.